The van der Waals surface area contributed by atoms with Crippen molar-refractivity contribution in [1.82, 2.24) is 0 Å². The lowest BCUT2D eigenvalue weighted by Crippen LogP contribution is -1.66. The van der Waals surface area contributed by atoms with Crippen LogP contribution in [0.1, 0.15) is 13.3 Å². The minimum Gasteiger partial charge on any atom is -0.0617 e. The Morgan fingerprint density at radius 2 is 1.90 bits per heavy atom. The molecule has 0 saturated heterocycles. The van der Waals surface area contributed by atoms with Gasteiger partial charge in [-0.05, 0) is 24.5 Å². The van der Waals surface area contributed by atoms with Crippen molar-refractivity contribution in [3.05, 3.63) is 47.1 Å². The summed E-state index contributed by atoms with van der Waals surface area (Å²) in [6.45, 7) is 2.12. The highest BCUT2D eigenvalue weighted by Gasteiger charge is 2.15. The second-order valence-corrected chi connectivity index (χ2v) is 2.83. The lowest BCUT2D eigenvalue weighted by Gasteiger charge is -1.87. The summed E-state index contributed by atoms with van der Waals surface area (Å²) in [4.78, 5) is 0. The second kappa shape index (κ2) is 1.98. The van der Waals surface area contributed by atoms with Crippen LogP contribution in [-0.2, 0) is 0 Å². The predicted molar refractivity (Wildman–Crippen MR) is 43.7 cm³/mol. The van der Waals surface area contributed by atoms with Crippen LogP contribution in [-0.4, -0.2) is 0 Å². The van der Waals surface area contributed by atoms with E-state index in [0.717, 1.165) is 0 Å². The molecular weight excluding hydrogens is 120 g/mol. The molecule has 0 nitrogen and oxygen atoms in total. The molecular formula is C10H10. The Morgan fingerprint density at radius 1 is 1.10 bits per heavy atom. The molecule has 0 aromatic rings. The summed E-state index contributed by atoms with van der Waals surface area (Å²) in [6.07, 6.45) is 12.0. The van der Waals surface area contributed by atoms with Gasteiger partial charge in [-0.15, -0.1) is 0 Å². The first-order valence-electron chi connectivity index (χ1n) is 3.61. The van der Waals surface area contributed by atoms with E-state index in [0.29, 0.717) is 0 Å². The third kappa shape index (κ3) is 0.971. The molecule has 0 amide bonds. The van der Waals surface area contributed by atoms with E-state index in [2.05, 4.69) is 37.3 Å². The van der Waals surface area contributed by atoms with Crippen molar-refractivity contribution in [2.24, 2.45) is 0 Å². The largest absolute Gasteiger partial charge is 0.0617 e. The molecule has 0 aromatic heterocycles. The van der Waals surface area contributed by atoms with Crippen LogP contribution < -0.4 is 0 Å². The van der Waals surface area contributed by atoms with Crippen LogP contribution >= 0.6 is 0 Å². The van der Waals surface area contributed by atoms with Crippen LogP contribution in [0.25, 0.3) is 0 Å². The van der Waals surface area contributed by atoms with E-state index in [1.165, 1.54) is 23.1 Å². The first kappa shape index (κ1) is 5.72. The van der Waals surface area contributed by atoms with Crippen molar-refractivity contribution in [2.45, 2.75) is 13.3 Å². The van der Waals surface area contributed by atoms with Crippen LogP contribution in [0.4, 0.5) is 0 Å². The molecule has 0 N–H and O–H groups in total. The normalized spacial score (nSPS) is 21.5. The van der Waals surface area contributed by atoms with Crippen molar-refractivity contribution in [3.63, 3.8) is 0 Å². The lowest BCUT2D eigenvalue weighted by atomic mass is 10.2. The maximum Gasteiger partial charge on any atom is -0.00201 e. The van der Waals surface area contributed by atoms with Crippen LogP contribution in [0.15, 0.2) is 47.1 Å². The summed E-state index contributed by atoms with van der Waals surface area (Å²) in [6, 6.07) is 0. The number of allylic oxidation sites excluding steroid dienone is 8. The molecule has 50 valence electrons. The minimum absolute atomic E-state index is 1.20. The SMILES string of the molecule is CC1=CC=CC2=C(C=C1)C2. The highest BCUT2D eigenvalue weighted by Crippen LogP contribution is 2.33. The maximum absolute atomic E-state index is 2.21. The molecule has 0 aliphatic heterocycles. The van der Waals surface area contributed by atoms with Gasteiger partial charge in [0.1, 0.15) is 0 Å². The van der Waals surface area contributed by atoms with Gasteiger partial charge in [0.15, 0.2) is 0 Å². The van der Waals surface area contributed by atoms with Crippen molar-refractivity contribution in [3.8, 4) is 0 Å². The molecule has 2 aliphatic rings. The van der Waals surface area contributed by atoms with Gasteiger partial charge in [0, 0.05) is 0 Å². The molecule has 2 rings (SSSR count). The Hall–Kier alpha value is -1.04. The average Bonchev–Trinajstić information content (AvgIpc) is 2.59. The molecule has 0 saturated carbocycles. The highest BCUT2D eigenvalue weighted by molar-refractivity contribution is 5.53. The molecule has 0 aromatic carbocycles. The summed E-state index contributed by atoms with van der Waals surface area (Å²) in [5, 5.41) is 0. The van der Waals surface area contributed by atoms with Gasteiger partial charge in [0.05, 0.1) is 0 Å². The van der Waals surface area contributed by atoms with Crippen LogP contribution in [0, 0.1) is 0 Å². The number of hydrogen-bond acceptors (Lipinski definition) is 0. The molecule has 0 heterocycles. The van der Waals surface area contributed by atoms with E-state index in [1.54, 1.807) is 0 Å². The maximum atomic E-state index is 2.21. The lowest BCUT2D eigenvalue weighted by molar-refractivity contribution is 1.50. The predicted octanol–water partition coefficient (Wildman–Crippen LogP) is 2.76. The zero-order valence-corrected chi connectivity index (χ0v) is 6.09. The number of rotatable bonds is 0. The van der Waals surface area contributed by atoms with Crippen LogP contribution in [0.3, 0.4) is 0 Å². The van der Waals surface area contributed by atoms with Crippen molar-refractivity contribution in [2.75, 3.05) is 0 Å². The molecule has 0 spiro atoms. The summed E-state index contributed by atoms with van der Waals surface area (Å²) in [5.41, 5.74) is 4.33. The summed E-state index contributed by atoms with van der Waals surface area (Å²) in [5.74, 6) is 0. The fourth-order valence-corrected chi connectivity index (χ4v) is 1.10. The molecule has 0 fully saturated rings. The topological polar surface area (TPSA) is 0 Å². The zero-order valence-electron chi connectivity index (χ0n) is 6.09. The van der Waals surface area contributed by atoms with Crippen LogP contribution in [0.2, 0.25) is 0 Å². The fraction of sp³-hybridized carbons (Fsp3) is 0.200. The minimum atomic E-state index is 1.20. The van der Waals surface area contributed by atoms with Gasteiger partial charge in [-0.25, -0.2) is 0 Å². The van der Waals surface area contributed by atoms with Gasteiger partial charge in [-0.1, -0.05) is 36.0 Å². The van der Waals surface area contributed by atoms with E-state index >= 15 is 0 Å². The third-order valence-electron chi connectivity index (χ3n) is 1.87. The monoisotopic (exact) mass is 130 g/mol. The van der Waals surface area contributed by atoms with Gasteiger partial charge in [-0.2, -0.15) is 0 Å². The quantitative estimate of drug-likeness (QED) is 0.473. The number of hydrogen-bond donors (Lipinski definition) is 0. The van der Waals surface area contributed by atoms with Crippen molar-refractivity contribution < 1.29 is 0 Å². The van der Waals surface area contributed by atoms with E-state index in [9.17, 15) is 0 Å². The first-order chi connectivity index (χ1) is 4.86. The van der Waals surface area contributed by atoms with E-state index < -0.39 is 0 Å². The molecule has 0 atom stereocenters. The Morgan fingerprint density at radius 3 is 2.80 bits per heavy atom. The summed E-state index contributed by atoms with van der Waals surface area (Å²) < 4.78 is 0. The molecule has 0 bridgehead atoms. The Labute approximate surface area is 61.3 Å². The van der Waals surface area contributed by atoms with Gasteiger partial charge < -0.3 is 0 Å². The summed E-state index contributed by atoms with van der Waals surface area (Å²) in [7, 11) is 0. The van der Waals surface area contributed by atoms with Gasteiger partial charge in [-0.3, -0.25) is 0 Å². The average molecular weight is 130 g/mol. The Balaban J connectivity index is 2.31. The van der Waals surface area contributed by atoms with Crippen LogP contribution in [0.5, 0.6) is 0 Å². The standard InChI is InChI=1S/C10H10/c1-8-3-2-4-9-7-10(9)6-5-8/h2-6H,7H2,1H3. The van der Waals surface area contributed by atoms with Gasteiger partial charge in [0.2, 0.25) is 0 Å². The smallest absolute Gasteiger partial charge is 0.00201 e. The van der Waals surface area contributed by atoms with Gasteiger partial charge >= 0.3 is 0 Å². The molecule has 10 heavy (non-hydrogen) atoms. The molecule has 0 heteroatoms. The Bertz CT molecular complexity index is 268. The van der Waals surface area contributed by atoms with E-state index in [1.807, 2.05) is 0 Å². The second-order valence-electron chi connectivity index (χ2n) is 2.83. The summed E-state index contributed by atoms with van der Waals surface area (Å²) >= 11 is 0. The Kier molecular flexibility index (Phi) is 1.13. The van der Waals surface area contributed by atoms with Crippen molar-refractivity contribution in [1.29, 1.82) is 0 Å². The third-order valence-corrected chi connectivity index (χ3v) is 1.87. The zero-order chi connectivity index (χ0) is 6.97. The molecule has 2 aliphatic carbocycles. The fourth-order valence-electron chi connectivity index (χ4n) is 1.10. The van der Waals surface area contributed by atoms with Crippen molar-refractivity contribution >= 4 is 0 Å². The van der Waals surface area contributed by atoms with E-state index in [-0.39, 0.29) is 0 Å². The van der Waals surface area contributed by atoms with Gasteiger partial charge in [0.25, 0.3) is 0 Å². The first-order valence-corrected chi connectivity index (χ1v) is 3.61. The highest BCUT2D eigenvalue weighted by atomic mass is 14.2. The van der Waals surface area contributed by atoms with E-state index in [4.69, 9.17) is 0 Å². The molecule has 0 radical (unpaired) electrons. The molecule has 0 unspecified atom stereocenters.